The van der Waals surface area contributed by atoms with Gasteiger partial charge in [0, 0.05) is 36.5 Å². The van der Waals surface area contributed by atoms with Crippen molar-refractivity contribution in [1.29, 1.82) is 0 Å². The van der Waals surface area contributed by atoms with Gasteiger partial charge in [0.15, 0.2) is 0 Å². The summed E-state index contributed by atoms with van der Waals surface area (Å²) in [4.78, 5) is 1.20. The van der Waals surface area contributed by atoms with Crippen molar-refractivity contribution in [2.24, 2.45) is 5.73 Å². The normalized spacial score (nSPS) is 12.2. The van der Waals surface area contributed by atoms with Crippen LogP contribution >= 0.6 is 11.3 Å². The molecule has 1 aromatic rings. The predicted octanol–water partition coefficient (Wildman–Crippen LogP) is 1.25. The monoisotopic (exact) mass is 292 g/mol. The third kappa shape index (κ3) is 3.76. The van der Waals surface area contributed by atoms with Crippen molar-refractivity contribution in [2.75, 3.05) is 26.3 Å². The number of sulfonamides is 1. The van der Waals surface area contributed by atoms with E-state index in [9.17, 15) is 8.42 Å². The summed E-state index contributed by atoms with van der Waals surface area (Å²) in [5, 5.41) is 1.64. The SMILES string of the molecule is CCOCCN(CC)S(=O)(=O)c1csc(CN)c1. The highest BCUT2D eigenvalue weighted by Crippen LogP contribution is 2.22. The maximum Gasteiger partial charge on any atom is 0.243 e. The fraction of sp³-hybridized carbons (Fsp3) is 0.636. The molecule has 0 aliphatic carbocycles. The van der Waals surface area contributed by atoms with Crippen molar-refractivity contribution in [2.45, 2.75) is 25.3 Å². The summed E-state index contributed by atoms with van der Waals surface area (Å²) in [6, 6.07) is 1.64. The van der Waals surface area contributed by atoms with Crippen LogP contribution in [0.2, 0.25) is 0 Å². The number of nitrogens with zero attached hydrogens (tertiary/aromatic N) is 1. The van der Waals surface area contributed by atoms with Crippen molar-refractivity contribution in [3.63, 3.8) is 0 Å². The fourth-order valence-corrected chi connectivity index (χ4v) is 4.09. The Labute approximate surface area is 113 Å². The average Bonchev–Trinajstić information content (AvgIpc) is 2.83. The summed E-state index contributed by atoms with van der Waals surface area (Å²) in [6.45, 7) is 5.89. The molecule has 7 heteroatoms. The first-order valence-corrected chi connectivity index (χ1v) is 8.23. The molecule has 0 unspecified atom stereocenters. The van der Waals surface area contributed by atoms with Crippen LogP contribution in [0.1, 0.15) is 18.7 Å². The minimum absolute atomic E-state index is 0.325. The summed E-state index contributed by atoms with van der Waals surface area (Å²) >= 11 is 1.37. The van der Waals surface area contributed by atoms with Gasteiger partial charge in [0.2, 0.25) is 10.0 Å². The van der Waals surface area contributed by atoms with E-state index in [1.165, 1.54) is 15.6 Å². The second-order valence-corrected chi connectivity index (χ2v) is 6.58. The van der Waals surface area contributed by atoms with Crippen LogP contribution < -0.4 is 5.73 Å². The number of hydrogen-bond donors (Lipinski definition) is 1. The zero-order chi connectivity index (χ0) is 13.6. The van der Waals surface area contributed by atoms with Gasteiger partial charge >= 0.3 is 0 Å². The van der Waals surface area contributed by atoms with Crippen molar-refractivity contribution in [1.82, 2.24) is 4.31 Å². The van der Waals surface area contributed by atoms with Gasteiger partial charge in [-0.2, -0.15) is 4.31 Å². The van der Waals surface area contributed by atoms with Crippen molar-refractivity contribution < 1.29 is 13.2 Å². The molecule has 0 saturated heterocycles. The average molecular weight is 292 g/mol. The Kier molecular flexibility index (Phi) is 6.24. The molecule has 0 bridgehead atoms. The van der Waals surface area contributed by atoms with Crippen LogP contribution in [0.5, 0.6) is 0 Å². The number of likely N-dealkylation sites (N-methyl/N-ethyl adjacent to an activating group) is 1. The first-order valence-electron chi connectivity index (χ1n) is 5.91. The first kappa shape index (κ1) is 15.6. The van der Waals surface area contributed by atoms with Gasteiger partial charge in [-0.3, -0.25) is 0 Å². The molecule has 1 heterocycles. The molecule has 1 aromatic heterocycles. The Morgan fingerprint density at radius 3 is 2.67 bits per heavy atom. The molecular formula is C11H20N2O3S2. The quantitative estimate of drug-likeness (QED) is 0.732. The van der Waals surface area contributed by atoms with E-state index in [1.807, 2.05) is 13.8 Å². The first-order chi connectivity index (χ1) is 8.56. The van der Waals surface area contributed by atoms with Gasteiger partial charge < -0.3 is 10.5 Å². The Morgan fingerprint density at radius 1 is 1.44 bits per heavy atom. The number of rotatable bonds is 8. The van der Waals surface area contributed by atoms with Gasteiger partial charge in [-0.25, -0.2) is 8.42 Å². The molecule has 0 saturated carbocycles. The van der Waals surface area contributed by atoms with E-state index in [2.05, 4.69) is 0 Å². The van der Waals surface area contributed by atoms with Crippen molar-refractivity contribution >= 4 is 21.4 Å². The molecule has 0 radical (unpaired) electrons. The summed E-state index contributed by atoms with van der Waals surface area (Å²) in [5.41, 5.74) is 5.50. The fourth-order valence-electron chi connectivity index (χ4n) is 1.51. The van der Waals surface area contributed by atoms with Gasteiger partial charge in [-0.05, 0) is 13.0 Å². The Hall–Kier alpha value is -0.470. The molecule has 0 atom stereocenters. The van der Waals surface area contributed by atoms with Gasteiger partial charge in [-0.1, -0.05) is 6.92 Å². The van der Waals surface area contributed by atoms with Crippen LogP contribution in [0.25, 0.3) is 0 Å². The molecule has 18 heavy (non-hydrogen) atoms. The predicted molar refractivity (Wildman–Crippen MR) is 73.1 cm³/mol. The van der Waals surface area contributed by atoms with E-state index < -0.39 is 10.0 Å². The Balaban J connectivity index is 2.82. The highest BCUT2D eigenvalue weighted by atomic mass is 32.2. The minimum Gasteiger partial charge on any atom is -0.380 e. The van der Waals surface area contributed by atoms with E-state index >= 15 is 0 Å². The van der Waals surface area contributed by atoms with Crippen molar-refractivity contribution in [3.05, 3.63) is 16.3 Å². The summed E-state index contributed by atoms with van der Waals surface area (Å²) in [5.74, 6) is 0. The molecule has 0 fully saturated rings. The Morgan fingerprint density at radius 2 is 2.17 bits per heavy atom. The van der Waals surface area contributed by atoms with E-state index in [1.54, 1.807) is 11.4 Å². The summed E-state index contributed by atoms with van der Waals surface area (Å²) in [7, 11) is -3.41. The molecule has 0 spiro atoms. The second kappa shape index (κ2) is 7.20. The molecule has 0 aliphatic rings. The summed E-state index contributed by atoms with van der Waals surface area (Å²) < 4.78 is 31.3. The molecule has 0 aliphatic heterocycles. The maximum absolute atomic E-state index is 12.3. The third-order valence-corrected chi connectivity index (χ3v) is 5.57. The largest absolute Gasteiger partial charge is 0.380 e. The zero-order valence-corrected chi connectivity index (χ0v) is 12.4. The van der Waals surface area contributed by atoms with Crippen molar-refractivity contribution in [3.8, 4) is 0 Å². The van der Waals surface area contributed by atoms with Crippen LogP contribution in [-0.2, 0) is 21.3 Å². The lowest BCUT2D eigenvalue weighted by molar-refractivity contribution is 0.135. The lowest BCUT2D eigenvalue weighted by Crippen LogP contribution is -2.33. The molecule has 1 rings (SSSR count). The highest BCUT2D eigenvalue weighted by Gasteiger charge is 2.23. The van der Waals surface area contributed by atoms with Crippen LogP contribution in [0.15, 0.2) is 16.3 Å². The van der Waals surface area contributed by atoms with Gasteiger partial charge in [0.1, 0.15) is 0 Å². The number of ether oxygens (including phenoxy) is 1. The number of hydrogen-bond acceptors (Lipinski definition) is 5. The van der Waals surface area contributed by atoms with E-state index in [4.69, 9.17) is 10.5 Å². The summed E-state index contributed by atoms with van der Waals surface area (Å²) in [6.07, 6.45) is 0. The molecular weight excluding hydrogens is 272 g/mol. The van der Waals surface area contributed by atoms with Crippen LogP contribution in [0.3, 0.4) is 0 Å². The van der Waals surface area contributed by atoms with Crippen LogP contribution in [0, 0.1) is 0 Å². The highest BCUT2D eigenvalue weighted by molar-refractivity contribution is 7.89. The molecule has 2 N–H and O–H groups in total. The lowest BCUT2D eigenvalue weighted by atomic mass is 10.5. The van der Waals surface area contributed by atoms with E-state index in [0.717, 1.165) is 4.88 Å². The smallest absolute Gasteiger partial charge is 0.243 e. The standard InChI is InChI=1S/C11H20N2O3S2/c1-3-13(5-6-16-4-2)18(14,15)11-7-10(8-12)17-9-11/h7,9H,3-6,8,12H2,1-2H3. The van der Waals surface area contributed by atoms with Crippen LogP contribution in [0.4, 0.5) is 0 Å². The van der Waals surface area contributed by atoms with Gasteiger partial charge in [0.05, 0.1) is 11.5 Å². The third-order valence-electron chi connectivity index (χ3n) is 2.51. The number of thiophene rings is 1. The van der Waals surface area contributed by atoms with E-state index in [0.29, 0.717) is 37.7 Å². The maximum atomic E-state index is 12.3. The number of nitrogens with two attached hydrogens (primary N) is 1. The van der Waals surface area contributed by atoms with Gasteiger partial charge in [-0.15, -0.1) is 11.3 Å². The Bertz CT molecular complexity index is 457. The topological polar surface area (TPSA) is 72.6 Å². The minimum atomic E-state index is -3.41. The molecule has 0 aromatic carbocycles. The molecule has 5 nitrogen and oxygen atoms in total. The lowest BCUT2D eigenvalue weighted by Gasteiger charge is -2.19. The second-order valence-electron chi connectivity index (χ2n) is 3.65. The molecule has 104 valence electrons. The van der Waals surface area contributed by atoms with Gasteiger partial charge in [0.25, 0.3) is 0 Å². The van der Waals surface area contributed by atoms with Crippen LogP contribution in [-0.4, -0.2) is 39.0 Å². The zero-order valence-electron chi connectivity index (χ0n) is 10.8. The van der Waals surface area contributed by atoms with E-state index in [-0.39, 0.29) is 0 Å². The molecule has 0 amide bonds.